The third-order valence-corrected chi connectivity index (χ3v) is 10.5. The minimum atomic E-state index is -4.91. The van der Waals surface area contributed by atoms with Crippen LogP contribution >= 0.6 is 11.3 Å². The first kappa shape index (κ1) is 39.6. The van der Waals surface area contributed by atoms with Gasteiger partial charge in [-0.25, -0.2) is 0 Å². The average molecular weight is 729 g/mol. The summed E-state index contributed by atoms with van der Waals surface area (Å²) in [5.74, 6) is -0.589. The number of nitrogens with zero attached hydrogens (tertiary/aromatic N) is 4. The molecular formula is C41H43F3N4O3S. The molecule has 0 radical (unpaired) electrons. The van der Waals surface area contributed by atoms with Crippen LogP contribution in [-0.4, -0.2) is 32.0 Å². The summed E-state index contributed by atoms with van der Waals surface area (Å²) in [7, 11) is 1.63. The van der Waals surface area contributed by atoms with Crippen molar-refractivity contribution in [2.75, 3.05) is 25.1 Å². The van der Waals surface area contributed by atoms with Crippen LogP contribution in [0, 0.1) is 45.3 Å². The van der Waals surface area contributed by atoms with Crippen molar-refractivity contribution in [1.29, 1.82) is 15.8 Å². The topological polar surface area (TPSA) is 102 Å². The van der Waals surface area contributed by atoms with Gasteiger partial charge in [-0.15, -0.1) is 11.3 Å². The number of benzene rings is 2. The van der Waals surface area contributed by atoms with Crippen LogP contribution in [0.4, 0.5) is 18.9 Å². The quantitative estimate of drug-likeness (QED) is 0.144. The Morgan fingerprint density at radius 2 is 1.56 bits per heavy atom. The fourth-order valence-electron chi connectivity index (χ4n) is 5.99. The maximum atomic E-state index is 14.5. The van der Waals surface area contributed by atoms with Crippen LogP contribution < -0.4 is 14.4 Å². The Labute approximate surface area is 308 Å². The zero-order valence-corrected chi connectivity index (χ0v) is 30.9. The first-order chi connectivity index (χ1) is 24.9. The number of anilines is 1. The summed E-state index contributed by atoms with van der Waals surface area (Å²) >= 11 is 1.36. The number of thiophene rings is 1. The summed E-state index contributed by atoms with van der Waals surface area (Å²) in [6.45, 7) is 8.73. The van der Waals surface area contributed by atoms with Gasteiger partial charge in [0.15, 0.2) is 5.57 Å². The summed E-state index contributed by atoms with van der Waals surface area (Å²) in [5.41, 5.74) is -2.50. The summed E-state index contributed by atoms with van der Waals surface area (Å²) in [6.07, 6.45) is 6.16. The van der Waals surface area contributed by atoms with Gasteiger partial charge in [0, 0.05) is 40.2 Å². The predicted octanol–water partition coefficient (Wildman–Crippen LogP) is 10.7. The number of rotatable bonds is 15. The minimum absolute atomic E-state index is 0.357. The maximum absolute atomic E-state index is 14.5. The lowest BCUT2D eigenvalue weighted by Crippen LogP contribution is -2.53. The molecule has 3 aromatic rings. The van der Waals surface area contributed by atoms with E-state index >= 15 is 0 Å². The van der Waals surface area contributed by atoms with Crippen LogP contribution in [-0.2, 0) is 11.3 Å². The van der Waals surface area contributed by atoms with E-state index in [2.05, 4.69) is 30.9 Å². The molecule has 3 unspecified atom stereocenters. The van der Waals surface area contributed by atoms with Gasteiger partial charge in [-0.2, -0.15) is 29.0 Å². The summed E-state index contributed by atoms with van der Waals surface area (Å²) in [4.78, 5) is 3.89. The molecule has 1 fully saturated rings. The van der Waals surface area contributed by atoms with Crippen LogP contribution in [0.25, 0.3) is 18.2 Å². The highest BCUT2D eigenvalue weighted by Gasteiger charge is 2.71. The van der Waals surface area contributed by atoms with E-state index in [1.807, 2.05) is 54.6 Å². The number of unbranched alkanes of at least 4 members (excludes halogenated alkanes) is 2. The molecule has 7 nitrogen and oxygen atoms in total. The molecule has 52 heavy (non-hydrogen) atoms. The molecule has 0 saturated carbocycles. The zero-order chi connectivity index (χ0) is 37.9. The van der Waals surface area contributed by atoms with Gasteiger partial charge in [0.2, 0.25) is 5.60 Å². The summed E-state index contributed by atoms with van der Waals surface area (Å²) in [6, 6.07) is 22.6. The molecule has 2 heterocycles. The van der Waals surface area contributed by atoms with Gasteiger partial charge in [0.1, 0.15) is 41.9 Å². The Morgan fingerprint density at radius 1 is 0.923 bits per heavy atom. The third kappa shape index (κ3) is 8.64. The molecule has 0 spiro atoms. The van der Waals surface area contributed by atoms with Crippen molar-refractivity contribution in [3.63, 3.8) is 0 Å². The van der Waals surface area contributed by atoms with Crippen molar-refractivity contribution < 1.29 is 27.4 Å². The van der Waals surface area contributed by atoms with Crippen LogP contribution in [0.2, 0.25) is 0 Å². The van der Waals surface area contributed by atoms with E-state index < -0.39 is 34.4 Å². The van der Waals surface area contributed by atoms with E-state index in [0.29, 0.717) is 11.5 Å². The first-order valence-electron chi connectivity index (χ1n) is 17.2. The molecule has 0 bridgehead atoms. The Hall–Kier alpha value is -5.18. The van der Waals surface area contributed by atoms with Crippen molar-refractivity contribution in [3.8, 4) is 29.7 Å². The van der Waals surface area contributed by atoms with E-state index in [4.69, 9.17) is 14.2 Å². The van der Waals surface area contributed by atoms with Crippen LogP contribution in [0.1, 0.15) is 74.3 Å². The van der Waals surface area contributed by atoms with Crippen molar-refractivity contribution in [1.82, 2.24) is 0 Å². The van der Waals surface area contributed by atoms with Gasteiger partial charge < -0.3 is 19.1 Å². The van der Waals surface area contributed by atoms with E-state index in [1.54, 1.807) is 25.3 Å². The predicted molar refractivity (Wildman–Crippen MR) is 199 cm³/mol. The van der Waals surface area contributed by atoms with Crippen LogP contribution in [0.5, 0.6) is 11.5 Å². The molecule has 272 valence electrons. The summed E-state index contributed by atoms with van der Waals surface area (Å²) < 4.78 is 60.5. The van der Waals surface area contributed by atoms with Crippen molar-refractivity contribution in [2.45, 2.75) is 71.8 Å². The summed E-state index contributed by atoms with van der Waals surface area (Å²) in [5, 5.41) is 28.7. The Bertz CT molecular complexity index is 1890. The Kier molecular flexibility index (Phi) is 13.2. The van der Waals surface area contributed by atoms with Crippen molar-refractivity contribution in [2.24, 2.45) is 11.3 Å². The lowest BCUT2D eigenvalue weighted by atomic mass is 9.67. The molecule has 1 aliphatic rings. The normalized spacial score (nSPS) is 19.9. The zero-order valence-electron chi connectivity index (χ0n) is 30.1. The highest BCUT2D eigenvalue weighted by molar-refractivity contribution is 7.13. The fraction of sp³-hybridized carbons (Fsp3) is 0.390. The number of ether oxygens (including phenoxy) is 3. The molecule has 3 atom stereocenters. The van der Waals surface area contributed by atoms with Gasteiger partial charge in [0.05, 0.1) is 18.6 Å². The van der Waals surface area contributed by atoms with Gasteiger partial charge in [-0.1, -0.05) is 51.8 Å². The number of allylic oxidation sites excluding steroid dienone is 2. The van der Waals surface area contributed by atoms with Crippen molar-refractivity contribution >= 4 is 35.3 Å². The van der Waals surface area contributed by atoms with Gasteiger partial charge in [0.25, 0.3) is 0 Å². The Balaban J connectivity index is 1.64. The minimum Gasteiger partial charge on any atom is -0.497 e. The molecule has 2 aromatic carbocycles. The Morgan fingerprint density at radius 3 is 2.12 bits per heavy atom. The third-order valence-electron chi connectivity index (χ3n) is 9.49. The second-order valence-corrected chi connectivity index (χ2v) is 14.0. The SMILES string of the molecule is CCCCN(CCCC)c1ccc(/C=C/c2ccc(/C=C/C3(C)C(C#N)C(=C(C#N)C#N)OC3(C)C(F)(F)F)s2)c(OCc2ccc(OC)cc2)c1. The molecule has 1 saturated heterocycles. The number of methoxy groups -OCH3 is 1. The standard InChI is InChI=1S/C41H43F3N4O3S/c1-6-8-22-48(23-9-7-2)32-14-12-30(37(24-32)50-28-29-10-15-33(49-5)16-11-29)13-17-34-18-19-35(52-34)20-21-39(3)36(27-47)38(31(25-45)26-46)51-40(39,4)41(42,43)44/h10-21,24,36H,6-9,22-23,28H2,1-5H3/b17-13+,21-20+. The van der Waals surface area contributed by atoms with Crippen LogP contribution in [0.3, 0.4) is 0 Å². The second kappa shape index (κ2) is 17.4. The fourth-order valence-corrected chi connectivity index (χ4v) is 6.80. The number of alkyl halides is 3. The van der Waals surface area contributed by atoms with E-state index in [9.17, 15) is 29.0 Å². The van der Waals surface area contributed by atoms with E-state index in [1.165, 1.54) is 30.4 Å². The lowest BCUT2D eigenvalue weighted by molar-refractivity contribution is -0.271. The largest absolute Gasteiger partial charge is 0.497 e. The number of hydrogen-bond acceptors (Lipinski definition) is 8. The molecular weight excluding hydrogens is 686 g/mol. The number of hydrogen-bond donors (Lipinski definition) is 0. The second-order valence-electron chi connectivity index (χ2n) is 12.9. The molecule has 0 aliphatic carbocycles. The first-order valence-corrected chi connectivity index (χ1v) is 18.0. The molecule has 0 N–H and O–H groups in total. The van der Waals surface area contributed by atoms with E-state index in [-0.39, 0.29) is 0 Å². The van der Waals surface area contributed by atoms with Crippen molar-refractivity contribution in [3.05, 3.63) is 92.9 Å². The maximum Gasteiger partial charge on any atom is 0.428 e. The number of nitriles is 3. The lowest BCUT2D eigenvalue weighted by Gasteiger charge is -2.38. The molecule has 4 rings (SSSR count). The molecule has 1 aromatic heterocycles. The monoisotopic (exact) mass is 728 g/mol. The molecule has 0 amide bonds. The highest BCUT2D eigenvalue weighted by atomic mass is 32.1. The van der Waals surface area contributed by atoms with Gasteiger partial charge in [-0.3, -0.25) is 0 Å². The number of halogens is 3. The highest BCUT2D eigenvalue weighted by Crippen LogP contribution is 2.60. The molecule has 1 aliphatic heterocycles. The van der Waals surface area contributed by atoms with Gasteiger partial charge >= 0.3 is 6.18 Å². The molecule has 11 heteroatoms. The smallest absolute Gasteiger partial charge is 0.428 e. The van der Waals surface area contributed by atoms with E-state index in [0.717, 1.165) is 78.9 Å². The average Bonchev–Trinajstić information content (AvgIpc) is 3.69. The van der Waals surface area contributed by atoms with Gasteiger partial charge in [-0.05, 0) is 80.0 Å². The van der Waals surface area contributed by atoms with Crippen LogP contribution in [0.15, 0.2) is 72.0 Å².